The molecule has 0 aliphatic rings. The molecule has 1 aromatic heterocycles. The topological polar surface area (TPSA) is 78.4 Å². The minimum absolute atomic E-state index is 0.182. The van der Waals surface area contributed by atoms with Crippen LogP contribution < -0.4 is 9.44 Å². The Morgan fingerprint density at radius 3 is 2.88 bits per heavy atom. The lowest BCUT2D eigenvalue weighted by Gasteiger charge is -2.04. The Hall–Kier alpha value is -0.910. The van der Waals surface area contributed by atoms with Gasteiger partial charge in [-0.1, -0.05) is 18.8 Å². The number of hydrogen-bond acceptors (Lipinski definition) is 4. The maximum atomic E-state index is 11.3. The molecule has 17 heavy (non-hydrogen) atoms. The highest BCUT2D eigenvalue weighted by Crippen LogP contribution is 2.13. The fraction of sp³-hybridized carbons (Fsp3) is 0.400. The molecule has 1 heterocycles. The van der Waals surface area contributed by atoms with Crippen LogP contribution in [0.15, 0.2) is 11.4 Å². The van der Waals surface area contributed by atoms with Gasteiger partial charge >= 0.3 is 0 Å². The van der Waals surface area contributed by atoms with Crippen molar-refractivity contribution >= 4 is 21.5 Å². The first-order valence-electron chi connectivity index (χ1n) is 4.98. The van der Waals surface area contributed by atoms with Crippen LogP contribution in [0, 0.1) is 11.8 Å². The Labute approximate surface area is 105 Å². The molecular formula is C10H14N2O3S2. The second-order valence-electron chi connectivity index (χ2n) is 3.08. The second-order valence-corrected chi connectivity index (χ2v) is 5.66. The minimum Gasteiger partial charge on any atom is -0.384 e. The monoisotopic (exact) mass is 274 g/mol. The molecule has 0 atom stereocenters. The van der Waals surface area contributed by atoms with Gasteiger partial charge in [-0.3, -0.25) is 0 Å². The molecule has 0 amide bonds. The summed E-state index contributed by atoms with van der Waals surface area (Å²) in [6.45, 7) is 2.12. The van der Waals surface area contributed by atoms with E-state index in [-0.39, 0.29) is 13.2 Å². The van der Waals surface area contributed by atoms with E-state index in [1.807, 2.05) is 5.38 Å². The van der Waals surface area contributed by atoms with Gasteiger partial charge in [-0.25, -0.2) is 4.72 Å². The molecule has 94 valence electrons. The third-order valence-corrected chi connectivity index (χ3v) is 3.87. The Kier molecular flexibility index (Phi) is 5.61. The molecule has 0 radical (unpaired) electrons. The van der Waals surface area contributed by atoms with Crippen molar-refractivity contribution < 1.29 is 13.5 Å². The van der Waals surface area contributed by atoms with Crippen molar-refractivity contribution in [2.24, 2.45) is 0 Å². The fourth-order valence-electron chi connectivity index (χ4n) is 1.09. The standard InChI is InChI=1S/C10H14N2O3S2/c1-2-11-17(14,15)12-7-10-6-9(8-16-10)4-3-5-13/h6,8,11-13H,2,5,7H2,1H3. The van der Waals surface area contributed by atoms with E-state index in [4.69, 9.17) is 5.11 Å². The summed E-state index contributed by atoms with van der Waals surface area (Å²) in [5, 5.41) is 10.4. The Morgan fingerprint density at radius 2 is 2.24 bits per heavy atom. The zero-order chi connectivity index (χ0) is 12.7. The van der Waals surface area contributed by atoms with Crippen molar-refractivity contribution in [2.75, 3.05) is 13.2 Å². The summed E-state index contributed by atoms with van der Waals surface area (Å²) in [6, 6.07) is 1.79. The van der Waals surface area contributed by atoms with Gasteiger partial charge in [0.25, 0.3) is 10.2 Å². The maximum absolute atomic E-state index is 11.3. The predicted molar refractivity (Wildman–Crippen MR) is 67.7 cm³/mol. The zero-order valence-electron chi connectivity index (χ0n) is 9.36. The van der Waals surface area contributed by atoms with Crippen LogP contribution in [0.1, 0.15) is 17.4 Å². The van der Waals surface area contributed by atoms with Crippen molar-refractivity contribution in [2.45, 2.75) is 13.5 Å². The van der Waals surface area contributed by atoms with Crippen molar-refractivity contribution in [3.8, 4) is 11.8 Å². The van der Waals surface area contributed by atoms with Gasteiger partial charge < -0.3 is 5.11 Å². The molecule has 0 aliphatic carbocycles. The van der Waals surface area contributed by atoms with Crippen molar-refractivity contribution in [1.29, 1.82) is 0 Å². The Bertz CT molecular complexity index is 511. The van der Waals surface area contributed by atoms with Crippen LogP contribution in [0.3, 0.4) is 0 Å². The highest BCUT2D eigenvalue weighted by atomic mass is 32.2. The highest BCUT2D eigenvalue weighted by Gasteiger charge is 2.07. The smallest absolute Gasteiger partial charge is 0.277 e. The predicted octanol–water partition coefficient (Wildman–Crippen LogP) is 0.0358. The molecule has 0 fully saturated rings. The third-order valence-electron chi connectivity index (χ3n) is 1.74. The van der Waals surface area contributed by atoms with Gasteiger partial charge in [-0.2, -0.15) is 13.1 Å². The number of nitrogens with one attached hydrogen (secondary N) is 2. The summed E-state index contributed by atoms with van der Waals surface area (Å²) in [4.78, 5) is 0.869. The normalized spacial score (nSPS) is 10.9. The summed E-state index contributed by atoms with van der Waals surface area (Å²) >= 11 is 1.42. The molecule has 7 heteroatoms. The SMILES string of the molecule is CCNS(=O)(=O)NCc1cc(C#CCO)cs1. The average Bonchev–Trinajstić information content (AvgIpc) is 2.72. The molecule has 0 aromatic carbocycles. The van der Waals surface area contributed by atoms with Gasteiger partial charge in [0.15, 0.2) is 0 Å². The quantitative estimate of drug-likeness (QED) is 0.663. The second kappa shape index (κ2) is 6.74. The lowest BCUT2D eigenvalue weighted by Crippen LogP contribution is -2.35. The highest BCUT2D eigenvalue weighted by molar-refractivity contribution is 7.87. The first-order chi connectivity index (χ1) is 8.07. The summed E-state index contributed by atoms with van der Waals surface area (Å²) in [6.07, 6.45) is 0. The van der Waals surface area contributed by atoms with Crippen molar-refractivity contribution in [1.82, 2.24) is 9.44 Å². The first kappa shape index (κ1) is 14.2. The molecule has 0 saturated carbocycles. The molecular weight excluding hydrogens is 260 g/mol. The molecule has 0 bridgehead atoms. The maximum Gasteiger partial charge on any atom is 0.277 e. The van der Waals surface area contributed by atoms with Crippen LogP contribution >= 0.6 is 11.3 Å². The van der Waals surface area contributed by atoms with Gasteiger partial charge in [-0.15, -0.1) is 11.3 Å². The first-order valence-corrected chi connectivity index (χ1v) is 7.35. The summed E-state index contributed by atoms with van der Waals surface area (Å²) < 4.78 is 27.4. The molecule has 0 saturated heterocycles. The van der Waals surface area contributed by atoms with E-state index in [1.54, 1.807) is 13.0 Å². The molecule has 1 aromatic rings. The van der Waals surface area contributed by atoms with Crippen molar-refractivity contribution in [3.05, 3.63) is 21.9 Å². The van der Waals surface area contributed by atoms with Crippen molar-refractivity contribution in [3.63, 3.8) is 0 Å². The summed E-state index contributed by atoms with van der Waals surface area (Å²) in [5.41, 5.74) is 0.779. The fourth-order valence-corrected chi connectivity index (χ4v) is 2.76. The van der Waals surface area contributed by atoms with E-state index < -0.39 is 10.2 Å². The molecule has 5 nitrogen and oxygen atoms in total. The summed E-state index contributed by atoms with van der Waals surface area (Å²) in [7, 11) is -3.41. The molecule has 0 spiro atoms. The lowest BCUT2D eigenvalue weighted by atomic mass is 10.3. The third kappa shape index (κ3) is 5.30. The number of aliphatic hydroxyl groups is 1. The van der Waals surface area contributed by atoms with Crippen LogP contribution in [0.5, 0.6) is 0 Å². The van der Waals surface area contributed by atoms with Gasteiger partial charge in [0, 0.05) is 28.9 Å². The molecule has 0 unspecified atom stereocenters. The molecule has 3 N–H and O–H groups in total. The van der Waals surface area contributed by atoms with E-state index in [1.165, 1.54) is 11.3 Å². The van der Waals surface area contributed by atoms with Gasteiger partial charge in [0.2, 0.25) is 0 Å². The van der Waals surface area contributed by atoms with Crippen LogP contribution in [-0.2, 0) is 16.8 Å². The number of hydrogen-bond donors (Lipinski definition) is 3. The summed E-state index contributed by atoms with van der Waals surface area (Å²) in [5.74, 6) is 5.29. The van der Waals surface area contributed by atoms with Crippen LogP contribution in [-0.4, -0.2) is 26.7 Å². The number of thiophene rings is 1. The van der Waals surface area contributed by atoms with E-state index >= 15 is 0 Å². The largest absolute Gasteiger partial charge is 0.384 e. The average molecular weight is 274 g/mol. The van der Waals surface area contributed by atoms with Crippen LogP contribution in [0.2, 0.25) is 0 Å². The number of rotatable bonds is 5. The Balaban J connectivity index is 2.56. The lowest BCUT2D eigenvalue weighted by molar-refractivity contribution is 0.350. The van der Waals surface area contributed by atoms with E-state index in [0.717, 1.165) is 10.4 Å². The van der Waals surface area contributed by atoms with Gasteiger partial charge in [0.05, 0.1) is 0 Å². The van der Waals surface area contributed by atoms with Gasteiger partial charge in [-0.05, 0) is 6.07 Å². The van der Waals surface area contributed by atoms with Gasteiger partial charge in [0.1, 0.15) is 6.61 Å². The van der Waals surface area contributed by atoms with E-state index in [0.29, 0.717) is 6.54 Å². The molecule has 0 aliphatic heterocycles. The molecule has 1 rings (SSSR count). The minimum atomic E-state index is -3.41. The van der Waals surface area contributed by atoms with Crippen LogP contribution in [0.4, 0.5) is 0 Å². The Morgan fingerprint density at radius 1 is 1.47 bits per heavy atom. The zero-order valence-corrected chi connectivity index (χ0v) is 11.0. The van der Waals surface area contributed by atoms with Crippen LogP contribution in [0.25, 0.3) is 0 Å². The van der Waals surface area contributed by atoms with E-state index in [9.17, 15) is 8.42 Å². The van der Waals surface area contributed by atoms with E-state index in [2.05, 4.69) is 21.3 Å². The number of aliphatic hydroxyl groups excluding tert-OH is 1.